The Bertz CT molecular complexity index is 181. The fourth-order valence-corrected chi connectivity index (χ4v) is 0.735. The lowest BCUT2D eigenvalue weighted by molar-refractivity contribution is -0.121. The van der Waals surface area contributed by atoms with Gasteiger partial charge in [0.2, 0.25) is 5.91 Å². The minimum absolute atomic E-state index is 0.0904. The van der Waals surface area contributed by atoms with E-state index in [1.807, 2.05) is 19.3 Å². The number of carbonyl (C=O) groups excluding carboxylic acids is 2. The number of hydrazine groups is 1. The summed E-state index contributed by atoms with van der Waals surface area (Å²) in [6, 6.07) is -0.367. The average Bonchev–Trinajstić information content (AvgIpc) is 2.02. The minimum atomic E-state index is -0.489. The molecule has 0 aromatic carbocycles. The van der Waals surface area contributed by atoms with Crippen LogP contribution in [0.25, 0.3) is 0 Å². The molecular weight excluding hydrogens is 172 g/mol. The summed E-state index contributed by atoms with van der Waals surface area (Å²) in [5.41, 5.74) is 1.90. The van der Waals surface area contributed by atoms with Gasteiger partial charge in [0, 0.05) is 19.0 Å². The summed E-state index contributed by atoms with van der Waals surface area (Å²) in [5.74, 6) is 4.72. The van der Waals surface area contributed by atoms with E-state index in [4.69, 9.17) is 5.84 Å². The first-order chi connectivity index (χ1) is 6.06. The molecule has 0 unspecified atom stereocenters. The first-order valence-corrected chi connectivity index (χ1v) is 4.10. The molecule has 5 N–H and O–H groups in total. The van der Waals surface area contributed by atoms with Gasteiger partial charge in [-0.05, 0) is 13.8 Å². The van der Waals surface area contributed by atoms with Crippen molar-refractivity contribution in [1.29, 1.82) is 0 Å². The maximum atomic E-state index is 11.0. The highest BCUT2D eigenvalue weighted by molar-refractivity contribution is 5.78. The van der Waals surface area contributed by atoms with Crippen molar-refractivity contribution >= 4 is 11.9 Å². The number of nitrogens with two attached hydrogens (primary N) is 1. The molecule has 6 nitrogen and oxygen atoms in total. The van der Waals surface area contributed by atoms with Gasteiger partial charge < -0.3 is 10.6 Å². The van der Waals surface area contributed by atoms with Crippen LogP contribution in [0.1, 0.15) is 20.3 Å². The van der Waals surface area contributed by atoms with Gasteiger partial charge in [-0.1, -0.05) is 0 Å². The third-order valence-electron chi connectivity index (χ3n) is 1.22. The molecule has 13 heavy (non-hydrogen) atoms. The maximum Gasteiger partial charge on any atom is 0.328 e. The molecule has 0 atom stereocenters. The quantitative estimate of drug-likeness (QED) is 0.261. The number of urea groups is 1. The second-order valence-electron chi connectivity index (χ2n) is 2.87. The molecule has 0 spiro atoms. The van der Waals surface area contributed by atoms with Gasteiger partial charge >= 0.3 is 6.03 Å². The van der Waals surface area contributed by atoms with E-state index < -0.39 is 6.03 Å². The number of rotatable bonds is 4. The number of amides is 3. The highest BCUT2D eigenvalue weighted by Gasteiger charge is 2.03. The van der Waals surface area contributed by atoms with Crippen LogP contribution in [0.4, 0.5) is 4.79 Å². The molecule has 0 bridgehead atoms. The zero-order valence-electron chi connectivity index (χ0n) is 7.89. The lowest BCUT2D eigenvalue weighted by Crippen LogP contribution is -2.41. The Morgan fingerprint density at radius 2 is 2.00 bits per heavy atom. The van der Waals surface area contributed by atoms with Crippen LogP contribution >= 0.6 is 0 Å². The second kappa shape index (κ2) is 6.24. The maximum absolute atomic E-state index is 11.0. The minimum Gasteiger partial charge on any atom is -0.354 e. The van der Waals surface area contributed by atoms with E-state index in [1.54, 1.807) is 0 Å². The van der Waals surface area contributed by atoms with E-state index in [-0.39, 0.29) is 24.9 Å². The standard InChI is InChI=1S/C7H16N4O2/c1-5(2)10-6(12)3-4-9-7(13)11-8/h5H,3-4,8H2,1-2H3,(H,10,12)(H2,9,11,13). The van der Waals surface area contributed by atoms with Crippen LogP contribution in [0, 0.1) is 0 Å². The molecule has 0 aliphatic heterocycles. The van der Waals surface area contributed by atoms with Crippen molar-refractivity contribution in [2.75, 3.05) is 6.54 Å². The molecule has 0 heterocycles. The van der Waals surface area contributed by atoms with Gasteiger partial charge in [-0.15, -0.1) is 0 Å². The van der Waals surface area contributed by atoms with Gasteiger partial charge in [0.1, 0.15) is 0 Å². The third kappa shape index (κ3) is 7.07. The van der Waals surface area contributed by atoms with E-state index in [9.17, 15) is 9.59 Å². The van der Waals surface area contributed by atoms with E-state index in [0.29, 0.717) is 0 Å². The predicted molar refractivity (Wildman–Crippen MR) is 48.6 cm³/mol. The van der Waals surface area contributed by atoms with Gasteiger partial charge in [-0.25, -0.2) is 10.6 Å². The van der Waals surface area contributed by atoms with Gasteiger partial charge in [0.15, 0.2) is 0 Å². The van der Waals surface area contributed by atoms with Crippen molar-refractivity contribution in [1.82, 2.24) is 16.1 Å². The van der Waals surface area contributed by atoms with E-state index in [1.165, 1.54) is 0 Å². The zero-order valence-corrected chi connectivity index (χ0v) is 7.89. The van der Waals surface area contributed by atoms with Crippen molar-refractivity contribution in [3.63, 3.8) is 0 Å². The van der Waals surface area contributed by atoms with Crippen LogP contribution in [0.5, 0.6) is 0 Å². The lowest BCUT2D eigenvalue weighted by atomic mass is 10.3. The smallest absolute Gasteiger partial charge is 0.328 e. The molecule has 0 saturated carbocycles. The fourth-order valence-electron chi connectivity index (χ4n) is 0.735. The van der Waals surface area contributed by atoms with E-state index >= 15 is 0 Å². The summed E-state index contributed by atoms with van der Waals surface area (Å²) in [7, 11) is 0. The second-order valence-corrected chi connectivity index (χ2v) is 2.87. The lowest BCUT2D eigenvalue weighted by Gasteiger charge is -2.08. The number of hydrogen-bond acceptors (Lipinski definition) is 3. The Kier molecular flexibility index (Phi) is 5.62. The van der Waals surface area contributed by atoms with Crippen LogP contribution in [-0.4, -0.2) is 24.5 Å². The molecule has 0 radical (unpaired) electrons. The van der Waals surface area contributed by atoms with Crippen molar-refractivity contribution in [3.05, 3.63) is 0 Å². The molecule has 0 saturated heterocycles. The zero-order chi connectivity index (χ0) is 10.3. The first kappa shape index (κ1) is 11.7. The van der Waals surface area contributed by atoms with Gasteiger partial charge in [-0.3, -0.25) is 10.2 Å². The molecule has 3 amide bonds. The molecule has 0 aliphatic rings. The monoisotopic (exact) mass is 188 g/mol. The summed E-state index contributed by atoms with van der Waals surface area (Å²) in [6.07, 6.45) is 0.256. The van der Waals surface area contributed by atoms with E-state index in [2.05, 4.69) is 10.6 Å². The molecule has 0 aromatic rings. The number of nitrogens with one attached hydrogen (secondary N) is 3. The Hall–Kier alpha value is -1.30. The van der Waals surface area contributed by atoms with Crippen LogP contribution in [0.3, 0.4) is 0 Å². The van der Waals surface area contributed by atoms with Crippen LogP contribution in [0.15, 0.2) is 0 Å². The SMILES string of the molecule is CC(C)NC(=O)CCNC(=O)NN. The van der Waals surface area contributed by atoms with Crippen molar-refractivity contribution < 1.29 is 9.59 Å². The summed E-state index contributed by atoms with van der Waals surface area (Å²) in [5, 5.41) is 5.09. The van der Waals surface area contributed by atoms with Crippen molar-refractivity contribution in [3.8, 4) is 0 Å². The van der Waals surface area contributed by atoms with E-state index in [0.717, 1.165) is 0 Å². The highest BCUT2D eigenvalue weighted by atomic mass is 16.2. The van der Waals surface area contributed by atoms with Gasteiger partial charge in [-0.2, -0.15) is 0 Å². The summed E-state index contributed by atoms with van der Waals surface area (Å²) >= 11 is 0. The average molecular weight is 188 g/mol. The summed E-state index contributed by atoms with van der Waals surface area (Å²) in [6.45, 7) is 4.03. The van der Waals surface area contributed by atoms with Crippen LogP contribution in [-0.2, 0) is 4.79 Å². The topological polar surface area (TPSA) is 96.2 Å². The van der Waals surface area contributed by atoms with Crippen molar-refractivity contribution in [2.45, 2.75) is 26.3 Å². The molecular formula is C7H16N4O2. The van der Waals surface area contributed by atoms with Crippen molar-refractivity contribution in [2.24, 2.45) is 5.84 Å². The Balaban J connectivity index is 3.42. The molecule has 0 aromatic heterocycles. The highest BCUT2D eigenvalue weighted by Crippen LogP contribution is 1.81. The first-order valence-electron chi connectivity index (χ1n) is 4.10. The molecule has 0 rings (SSSR count). The normalized spacial score (nSPS) is 9.54. The molecule has 0 fully saturated rings. The number of carbonyl (C=O) groups is 2. The molecule has 6 heteroatoms. The van der Waals surface area contributed by atoms with Gasteiger partial charge in [0.25, 0.3) is 0 Å². The summed E-state index contributed by atoms with van der Waals surface area (Å²) < 4.78 is 0. The largest absolute Gasteiger partial charge is 0.354 e. The fraction of sp³-hybridized carbons (Fsp3) is 0.714. The van der Waals surface area contributed by atoms with Crippen LogP contribution < -0.4 is 21.9 Å². The Morgan fingerprint density at radius 3 is 2.46 bits per heavy atom. The number of hydrogen-bond donors (Lipinski definition) is 4. The van der Waals surface area contributed by atoms with Gasteiger partial charge in [0.05, 0.1) is 0 Å². The summed E-state index contributed by atoms with van der Waals surface area (Å²) in [4.78, 5) is 21.5. The Morgan fingerprint density at radius 1 is 1.38 bits per heavy atom. The third-order valence-corrected chi connectivity index (χ3v) is 1.22. The van der Waals surface area contributed by atoms with Crippen LogP contribution in [0.2, 0.25) is 0 Å². The molecule has 0 aliphatic carbocycles. The predicted octanol–water partition coefficient (Wildman–Crippen LogP) is -0.926. The molecule has 76 valence electrons. The Labute approximate surface area is 77.2 Å².